The highest BCUT2D eigenvalue weighted by Crippen LogP contribution is 2.11. The van der Waals surface area contributed by atoms with Crippen molar-refractivity contribution in [2.75, 3.05) is 13.7 Å². The van der Waals surface area contributed by atoms with E-state index in [2.05, 4.69) is 0 Å². The first-order chi connectivity index (χ1) is 8.70. The van der Waals surface area contributed by atoms with E-state index in [1.807, 2.05) is 24.3 Å². The number of piperidine rings is 1. The molecule has 4 nitrogen and oxygen atoms in total. The Kier molecular flexibility index (Phi) is 4.20. The Balaban J connectivity index is 2.03. The van der Waals surface area contributed by atoms with Crippen LogP contribution in [0, 0.1) is 0 Å². The van der Waals surface area contributed by atoms with Crippen LogP contribution in [0.25, 0.3) is 0 Å². The van der Waals surface area contributed by atoms with Crippen LogP contribution in [0.4, 0.5) is 0 Å². The molecular formula is C14H19NO3. The maximum Gasteiger partial charge on any atom is 0.128 e. The minimum Gasteiger partial charge on any atom is -0.544 e. The molecule has 0 saturated carbocycles. The highest BCUT2D eigenvalue weighted by Gasteiger charge is 2.26. The van der Waals surface area contributed by atoms with Crippen LogP contribution in [0.3, 0.4) is 0 Å². The van der Waals surface area contributed by atoms with E-state index in [0.717, 1.165) is 48.6 Å². The summed E-state index contributed by atoms with van der Waals surface area (Å²) < 4.78 is 5.11. The second-order valence-electron chi connectivity index (χ2n) is 4.80. The minimum absolute atomic E-state index is 0.360. The molecule has 1 fully saturated rings. The van der Waals surface area contributed by atoms with E-state index >= 15 is 0 Å². The highest BCUT2D eigenvalue weighted by atomic mass is 16.5. The molecule has 0 aromatic heterocycles. The number of nitrogens with one attached hydrogen (secondary N) is 1. The molecule has 0 bridgehead atoms. The number of hydrogen-bond acceptors (Lipinski definition) is 3. The van der Waals surface area contributed by atoms with Crippen molar-refractivity contribution in [2.24, 2.45) is 0 Å². The van der Waals surface area contributed by atoms with E-state index < -0.39 is 5.97 Å². The molecule has 0 amide bonds. The number of methoxy groups -OCH3 is 1. The van der Waals surface area contributed by atoms with Gasteiger partial charge in [-0.2, -0.15) is 0 Å². The topological polar surface area (TPSA) is 53.8 Å². The Morgan fingerprint density at radius 3 is 2.72 bits per heavy atom. The van der Waals surface area contributed by atoms with Crippen LogP contribution in [0.2, 0.25) is 0 Å². The van der Waals surface area contributed by atoms with E-state index in [1.165, 1.54) is 0 Å². The van der Waals surface area contributed by atoms with Crippen LogP contribution in [0.15, 0.2) is 24.3 Å². The Labute approximate surface area is 107 Å². The number of carbonyl (C=O) groups excluding carboxylic acids is 1. The van der Waals surface area contributed by atoms with Gasteiger partial charge < -0.3 is 19.5 Å². The van der Waals surface area contributed by atoms with Crippen molar-refractivity contribution in [1.82, 2.24) is 0 Å². The van der Waals surface area contributed by atoms with Gasteiger partial charge in [-0.05, 0) is 37.1 Å². The van der Waals surface area contributed by atoms with Crippen molar-refractivity contribution in [3.05, 3.63) is 29.8 Å². The monoisotopic (exact) mass is 249 g/mol. The van der Waals surface area contributed by atoms with Gasteiger partial charge in [0.2, 0.25) is 0 Å². The fourth-order valence-electron chi connectivity index (χ4n) is 2.58. The van der Waals surface area contributed by atoms with Crippen LogP contribution >= 0.6 is 0 Å². The Morgan fingerprint density at radius 2 is 2.11 bits per heavy atom. The average molecular weight is 249 g/mol. The minimum atomic E-state index is -0.918. The third kappa shape index (κ3) is 3.01. The molecule has 4 heteroatoms. The normalized spacial score (nSPS) is 23.6. The van der Waals surface area contributed by atoms with Gasteiger partial charge in [0.05, 0.1) is 19.6 Å². The average Bonchev–Trinajstić information content (AvgIpc) is 2.40. The predicted octanol–water partition coefficient (Wildman–Crippen LogP) is -0.617. The largest absolute Gasteiger partial charge is 0.544 e. The summed E-state index contributed by atoms with van der Waals surface area (Å²) in [6.07, 6.45) is 2.81. The summed E-state index contributed by atoms with van der Waals surface area (Å²) in [5.74, 6) is -0.0953. The second kappa shape index (κ2) is 5.87. The highest BCUT2D eigenvalue weighted by molar-refractivity contribution is 5.69. The maximum absolute atomic E-state index is 11.1. The molecular weight excluding hydrogens is 230 g/mol. The molecule has 0 aliphatic carbocycles. The molecule has 1 aromatic carbocycles. The number of hydrogen-bond donors (Lipinski definition) is 1. The van der Waals surface area contributed by atoms with Crippen molar-refractivity contribution in [3.8, 4) is 5.75 Å². The number of benzene rings is 1. The quantitative estimate of drug-likeness (QED) is 0.774. The van der Waals surface area contributed by atoms with Gasteiger partial charge >= 0.3 is 0 Å². The standard InChI is InChI=1S/C14H19NO3/c1-18-12-7-5-11(6-8-12)10-15-9-3-2-4-13(15)14(16)17/h5-8,13H,2-4,9-10H2,1H3,(H,16,17)/t13-/m1/s1. The van der Waals surface area contributed by atoms with Crippen molar-refractivity contribution in [2.45, 2.75) is 31.8 Å². The van der Waals surface area contributed by atoms with Gasteiger partial charge in [0.15, 0.2) is 0 Å². The van der Waals surface area contributed by atoms with E-state index in [0.29, 0.717) is 0 Å². The predicted molar refractivity (Wildman–Crippen MR) is 65.2 cm³/mol. The van der Waals surface area contributed by atoms with E-state index in [1.54, 1.807) is 7.11 Å². The van der Waals surface area contributed by atoms with Crippen molar-refractivity contribution in [3.63, 3.8) is 0 Å². The van der Waals surface area contributed by atoms with Gasteiger partial charge in [0, 0.05) is 12.0 Å². The summed E-state index contributed by atoms with van der Waals surface area (Å²) in [6, 6.07) is 7.44. The van der Waals surface area contributed by atoms with Crippen LogP contribution in [-0.4, -0.2) is 25.7 Å². The van der Waals surface area contributed by atoms with Crippen LogP contribution in [-0.2, 0) is 11.3 Å². The number of aliphatic carboxylic acids is 1. The lowest BCUT2D eigenvalue weighted by atomic mass is 10.0. The summed E-state index contributed by atoms with van der Waals surface area (Å²) >= 11 is 0. The van der Waals surface area contributed by atoms with Crippen molar-refractivity contribution >= 4 is 5.97 Å². The molecule has 1 saturated heterocycles. The van der Waals surface area contributed by atoms with Gasteiger partial charge in [-0.1, -0.05) is 0 Å². The van der Waals surface area contributed by atoms with E-state index in [4.69, 9.17) is 4.74 Å². The number of likely N-dealkylation sites (tertiary alicyclic amines) is 1. The third-order valence-electron chi connectivity index (χ3n) is 3.61. The van der Waals surface area contributed by atoms with Crippen molar-refractivity contribution < 1.29 is 19.5 Å². The molecule has 1 unspecified atom stereocenters. The Bertz CT molecular complexity index is 402. The molecule has 2 atom stereocenters. The zero-order valence-corrected chi connectivity index (χ0v) is 10.6. The lowest BCUT2D eigenvalue weighted by molar-refractivity contribution is -0.937. The molecule has 18 heavy (non-hydrogen) atoms. The number of carboxylic acid groups (broad SMARTS) is 1. The number of quaternary nitrogens is 1. The summed E-state index contributed by atoms with van der Waals surface area (Å²) in [5, 5.41) is 11.1. The smallest absolute Gasteiger partial charge is 0.128 e. The molecule has 0 spiro atoms. The molecule has 1 aromatic rings. The summed E-state index contributed by atoms with van der Waals surface area (Å²) in [6.45, 7) is 1.65. The summed E-state index contributed by atoms with van der Waals surface area (Å²) in [7, 11) is 1.64. The zero-order chi connectivity index (χ0) is 13.0. The molecule has 98 valence electrons. The number of rotatable bonds is 4. The van der Waals surface area contributed by atoms with Gasteiger partial charge in [0.25, 0.3) is 0 Å². The number of carbonyl (C=O) groups is 1. The molecule has 0 radical (unpaired) electrons. The first-order valence-corrected chi connectivity index (χ1v) is 6.39. The van der Waals surface area contributed by atoms with E-state index in [-0.39, 0.29) is 6.04 Å². The number of ether oxygens (including phenoxy) is 1. The van der Waals surface area contributed by atoms with Gasteiger partial charge in [-0.3, -0.25) is 0 Å². The lowest BCUT2D eigenvalue weighted by Crippen LogP contribution is -3.17. The molecule has 1 N–H and O–H groups in total. The fraction of sp³-hybridized carbons (Fsp3) is 0.500. The first-order valence-electron chi connectivity index (χ1n) is 6.39. The van der Waals surface area contributed by atoms with Crippen LogP contribution < -0.4 is 14.7 Å². The van der Waals surface area contributed by atoms with Crippen molar-refractivity contribution in [1.29, 1.82) is 0 Å². The lowest BCUT2D eigenvalue weighted by Gasteiger charge is -2.33. The zero-order valence-electron chi connectivity index (χ0n) is 10.6. The molecule has 1 heterocycles. The first kappa shape index (κ1) is 12.9. The van der Waals surface area contributed by atoms with Crippen LogP contribution in [0.1, 0.15) is 24.8 Å². The maximum atomic E-state index is 11.1. The van der Waals surface area contributed by atoms with Gasteiger partial charge in [0.1, 0.15) is 18.3 Å². The second-order valence-corrected chi connectivity index (χ2v) is 4.80. The summed E-state index contributed by atoms with van der Waals surface area (Å²) in [5.41, 5.74) is 1.14. The van der Waals surface area contributed by atoms with Gasteiger partial charge in [-0.25, -0.2) is 0 Å². The third-order valence-corrected chi connectivity index (χ3v) is 3.61. The summed E-state index contributed by atoms with van der Waals surface area (Å²) in [4.78, 5) is 12.2. The Morgan fingerprint density at radius 1 is 1.39 bits per heavy atom. The van der Waals surface area contributed by atoms with E-state index in [9.17, 15) is 9.90 Å². The molecule has 1 aliphatic rings. The van der Waals surface area contributed by atoms with Crippen LogP contribution in [0.5, 0.6) is 5.75 Å². The Hall–Kier alpha value is -1.55. The van der Waals surface area contributed by atoms with Gasteiger partial charge in [-0.15, -0.1) is 0 Å². The fourth-order valence-corrected chi connectivity index (χ4v) is 2.58. The molecule has 1 aliphatic heterocycles. The number of carboxylic acids is 1. The SMILES string of the molecule is COc1ccc(C[NH+]2CCCC[C@@H]2C(=O)[O-])cc1. The molecule has 2 rings (SSSR count).